The van der Waals surface area contributed by atoms with Crippen LogP contribution in [0, 0.1) is 11.8 Å². The first-order valence-corrected chi connectivity index (χ1v) is 7.63. The van der Waals surface area contributed by atoms with Gasteiger partial charge in [0.1, 0.15) is 0 Å². The number of hydrogen-bond acceptors (Lipinski definition) is 1. The summed E-state index contributed by atoms with van der Waals surface area (Å²) in [5.41, 5.74) is 0. The van der Waals surface area contributed by atoms with Crippen LogP contribution in [0.1, 0.15) is 51.9 Å². The molecule has 1 aliphatic heterocycles. The first-order chi connectivity index (χ1) is 7.29. The summed E-state index contributed by atoms with van der Waals surface area (Å²) in [7, 11) is 0. The van der Waals surface area contributed by atoms with Crippen LogP contribution < -0.4 is 0 Å². The number of hydrogen-bond donors (Lipinski definition) is 0. The molecule has 2 atom stereocenters. The van der Waals surface area contributed by atoms with Crippen LogP contribution in [0.15, 0.2) is 0 Å². The Hall–Kier alpha value is 0.440. The standard InChI is InChI=1S/C13H23BrO/c1-10-5-7-11(8-6-10)13-4-2-3-12(9-14)15-13/h10-13H,2-9H2,1H3. The van der Waals surface area contributed by atoms with Crippen molar-refractivity contribution in [2.45, 2.75) is 64.1 Å². The molecule has 0 amide bonds. The Kier molecular flexibility index (Phi) is 4.51. The van der Waals surface area contributed by atoms with E-state index in [1.165, 1.54) is 44.9 Å². The van der Waals surface area contributed by atoms with Crippen LogP contribution in [0.2, 0.25) is 0 Å². The molecule has 0 radical (unpaired) electrons. The molecule has 2 heteroatoms. The summed E-state index contributed by atoms with van der Waals surface area (Å²) in [6.45, 7) is 2.39. The van der Waals surface area contributed by atoms with E-state index in [4.69, 9.17) is 4.74 Å². The van der Waals surface area contributed by atoms with E-state index in [1.807, 2.05) is 0 Å². The Morgan fingerprint density at radius 2 is 1.80 bits per heavy atom. The van der Waals surface area contributed by atoms with E-state index < -0.39 is 0 Å². The topological polar surface area (TPSA) is 9.23 Å². The fraction of sp³-hybridized carbons (Fsp3) is 1.00. The molecule has 1 aliphatic carbocycles. The second kappa shape index (κ2) is 5.67. The van der Waals surface area contributed by atoms with Crippen LogP contribution >= 0.6 is 15.9 Å². The fourth-order valence-corrected chi connectivity index (χ4v) is 3.52. The fourth-order valence-electron chi connectivity index (χ4n) is 3.05. The molecule has 0 N–H and O–H groups in total. The molecular weight excluding hydrogens is 252 g/mol. The van der Waals surface area contributed by atoms with Crippen molar-refractivity contribution in [3.8, 4) is 0 Å². The van der Waals surface area contributed by atoms with Crippen molar-refractivity contribution in [2.75, 3.05) is 5.33 Å². The van der Waals surface area contributed by atoms with Crippen molar-refractivity contribution < 1.29 is 4.74 Å². The Labute approximate surface area is 102 Å². The van der Waals surface area contributed by atoms with Gasteiger partial charge in [0.15, 0.2) is 0 Å². The Balaban J connectivity index is 1.82. The molecule has 0 aromatic carbocycles. The molecule has 15 heavy (non-hydrogen) atoms. The van der Waals surface area contributed by atoms with Gasteiger partial charge in [0.25, 0.3) is 0 Å². The SMILES string of the molecule is CC1CCC(C2CCCC(CBr)O2)CC1. The maximum absolute atomic E-state index is 6.16. The summed E-state index contributed by atoms with van der Waals surface area (Å²) in [6.07, 6.45) is 10.6. The minimum atomic E-state index is 0.489. The van der Waals surface area contributed by atoms with Crippen LogP contribution in [0.3, 0.4) is 0 Å². The van der Waals surface area contributed by atoms with Gasteiger partial charge in [-0.15, -0.1) is 0 Å². The van der Waals surface area contributed by atoms with Crippen LogP contribution in [0.4, 0.5) is 0 Å². The van der Waals surface area contributed by atoms with Crippen molar-refractivity contribution in [2.24, 2.45) is 11.8 Å². The first kappa shape index (κ1) is 11.9. The van der Waals surface area contributed by atoms with Gasteiger partial charge in [-0.05, 0) is 43.9 Å². The maximum atomic E-state index is 6.16. The number of halogens is 1. The minimum absolute atomic E-state index is 0.489. The zero-order chi connectivity index (χ0) is 10.7. The Morgan fingerprint density at radius 3 is 2.47 bits per heavy atom. The van der Waals surface area contributed by atoms with Gasteiger partial charge < -0.3 is 4.74 Å². The van der Waals surface area contributed by atoms with Gasteiger partial charge in [-0.1, -0.05) is 35.7 Å². The average Bonchev–Trinajstić information content (AvgIpc) is 2.30. The third-order valence-electron chi connectivity index (χ3n) is 4.14. The van der Waals surface area contributed by atoms with Crippen LogP contribution in [0.5, 0.6) is 0 Å². The molecule has 2 fully saturated rings. The van der Waals surface area contributed by atoms with E-state index >= 15 is 0 Å². The third-order valence-corrected chi connectivity index (χ3v) is 4.86. The first-order valence-electron chi connectivity index (χ1n) is 6.51. The zero-order valence-corrected chi connectivity index (χ0v) is 11.3. The lowest BCUT2D eigenvalue weighted by Gasteiger charge is -2.37. The van der Waals surface area contributed by atoms with Crippen LogP contribution in [-0.4, -0.2) is 17.5 Å². The zero-order valence-electron chi connectivity index (χ0n) is 9.75. The van der Waals surface area contributed by atoms with Gasteiger partial charge in [-0.3, -0.25) is 0 Å². The lowest BCUT2D eigenvalue weighted by molar-refractivity contribution is -0.0751. The van der Waals surface area contributed by atoms with Gasteiger partial charge >= 0.3 is 0 Å². The van der Waals surface area contributed by atoms with Crippen molar-refractivity contribution in [1.82, 2.24) is 0 Å². The summed E-state index contributed by atoms with van der Waals surface area (Å²) >= 11 is 3.55. The molecule has 1 saturated carbocycles. The van der Waals surface area contributed by atoms with Crippen molar-refractivity contribution >= 4 is 15.9 Å². The molecule has 2 aliphatic rings. The summed E-state index contributed by atoms with van der Waals surface area (Å²) in [4.78, 5) is 0. The Morgan fingerprint density at radius 1 is 1.07 bits per heavy atom. The molecule has 0 aromatic rings. The van der Waals surface area contributed by atoms with E-state index in [0.29, 0.717) is 12.2 Å². The number of rotatable bonds is 2. The quantitative estimate of drug-likeness (QED) is 0.688. The highest BCUT2D eigenvalue weighted by molar-refractivity contribution is 9.09. The van der Waals surface area contributed by atoms with Gasteiger partial charge in [0.05, 0.1) is 12.2 Å². The van der Waals surface area contributed by atoms with Crippen molar-refractivity contribution in [1.29, 1.82) is 0 Å². The van der Waals surface area contributed by atoms with Gasteiger partial charge in [0.2, 0.25) is 0 Å². The van der Waals surface area contributed by atoms with Gasteiger partial charge in [0, 0.05) is 5.33 Å². The monoisotopic (exact) mass is 274 g/mol. The Bertz CT molecular complexity index is 187. The van der Waals surface area contributed by atoms with E-state index in [9.17, 15) is 0 Å². The molecule has 1 saturated heterocycles. The molecule has 0 spiro atoms. The van der Waals surface area contributed by atoms with Crippen molar-refractivity contribution in [3.63, 3.8) is 0 Å². The average molecular weight is 275 g/mol. The maximum Gasteiger partial charge on any atom is 0.0675 e. The predicted octanol–water partition coefficient (Wildman–Crippen LogP) is 4.15. The second-order valence-corrected chi connectivity index (χ2v) is 6.05. The lowest BCUT2D eigenvalue weighted by atomic mass is 9.78. The minimum Gasteiger partial charge on any atom is -0.374 e. The molecule has 1 heterocycles. The number of ether oxygens (including phenoxy) is 1. The molecule has 2 rings (SSSR count). The molecule has 2 unspecified atom stereocenters. The summed E-state index contributed by atoms with van der Waals surface area (Å²) in [6, 6.07) is 0. The molecule has 0 aromatic heterocycles. The smallest absolute Gasteiger partial charge is 0.0675 e. The largest absolute Gasteiger partial charge is 0.374 e. The molecule has 1 nitrogen and oxygen atoms in total. The third kappa shape index (κ3) is 3.20. The van der Waals surface area contributed by atoms with Gasteiger partial charge in [-0.25, -0.2) is 0 Å². The molecule has 0 bridgehead atoms. The summed E-state index contributed by atoms with van der Waals surface area (Å²) in [5, 5.41) is 1.02. The second-order valence-electron chi connectivity index (χ2n) is 5.40. The van der Waals surface area contributed by atoms with E-state index in [0.717, 1.165) is 17.2 Å². The summed E-state index contributed by atoms with van der Waals surface area (Å²) in [5.74, 6) is 1.82. The summed E-state index contributed by atoms with van der Waals surface area (Å²) < 4.78 is 6.16. The predicted molar refractivity (Wildman–Crippen MR) is 67.4 cm³/mol. The van der Waals surface area contributed by atoms with Crippen LogP contribution in [-0.2, 0) is 4.74 Å². The number of alkyl halides is 1. The van der Waals surface area contributed by atoms with Crippen LogP contribution in [0.25, 0.3) is 0 Å². The molecular formula is C13H23BrO. The highest BCUT2D eigenvalue weighted by atomic mass is 79.9. The van der Waals surface area contributed by atoms with E-state index in [-0.39, 0.29) is 0 Å². The highest BCUT2D eigenvalue weighted by Crippen LogP contribution is 2.36. The molecule has 88 valence electrons. The van der Waals surface area contributed by atoms with Crippen molar-refractivity contribution in [3.05, 3.63) is 0 Å². The van der Waals surface area contributed by atoms with E-state index in [1.54, 1.807) is 0 Å². The van der Waals surface area contributed by atoms with Gasteiger partial charge in [-0.2, -0.15) is 0 Å². The van der Waals surface area contributed by atoms with E-state index in [2.05, 4.69) is 22.9 Å². The highest BCUT2D eigenvalue weighted by Gasteiger charge is 2.30. The lowest BCUT2D eigenvalue weighted by Crippen LogP contribution is -2.35. The normalized spacial score (nSPS) is 42.8.